The molecule has 2 aromatic rings. The molecule has 3 heterocycles. The molecule has 114 valence electrons. The molecule has 0 saturated carbocycles. The Morgan fingerprint density at radius 3 is 2.90 bits per heavy atom. The Morgan fingerprint density at radius 1 is 1.48 bits per heavy atom. The summed E-state index contributed by atoms with van der Waals surface area (Å²) in [5.74, 6) is 1.66. The van der Waals surface area contributed by atoms with Crippen LogP contribution in [-0.2, 0) is 17.8 Å². The molecule has 1 aliphatic rings. The fraction of sp³-hybridized carbons (Fsp3) is 0.643. The summed E-state index contributed by atoms with van der Waals surface area (Å²) in [7, 11) is 0. The summed E-state index contributed by atoms with van der Waals surface area (Å²) >= 11 is 5.93. The SMILES string of the molecule is CCn1nc(C)c2nc(CCCl)n(C3CCC(=O)NC3)c21. The van der Waals surface area contributed by atoms with E-state index < -0.39 is 0 Å². The third kappa shape index (κ3) is 2.41. The van der Waals surface area contributed by atoms with Crippen LogP contribution in [0.15, 0.2) is 0 Å². The molecule has 1 amide bonds. The minimum atomic E-state index is 0.127. The van der Waals surface area contributed by atoms with Crippen molar-refractivity contribution in [3.05, 3.63) is 11.5 Å². The second-order valence-electron chi connectivity index (χ2n) is 5.41. The van der Waals surface area contributed by atoms with Gasteiger partial charge in [0.15, 0.2) is 5.65 Å². The number of alkyl halides is 1. The van der Waals surface area contributed by atoms with Gasteiger partial charge in [0.2, 0.25) is 5.91 Å². The van der Waals surface area contributed by atoms with E-state index in [1.807, 2.05) is 11.6 Å². The van der Waals surface area contributed by atoms with E-state index in [0.717, 1.165) is 42.1 Å². The molecule has 1 aliphatic heterocycles. The molecule has 1 unspecified atom stereocenters. The highest BCUT2D eigenvalue weighted by Crippen LogP contribution is 2.28. The van der Waals surface area contributed by atoms with Crippen molar-refractivity contribution in [3.8, 4) is 0 Å². The number of aromatic nitrogens is 4. The first-order valence-corrected chi connectivity index (χ1v) is 7.96. The normalized spacial score (nSPS) is 19.2. The Balaban J connectivity index is 2.12. The first-order valence-electron chi connectivity index (χ1n) is 7.42. The summed E-state index contributed by atoms with van der Waals surface area (Å²) in [5, 5.41) is 7.50. The number of amides is 1. The summed E-state index contributed by atoms with van der Waals surface area (Å²) in [6.45, 7) is 5.51. The smallest absolute Gasteiger partial charge is 0.220 e. The van der Waals surface area contributed by atoms with Crippen LogP contribution in [-0.4, -0.2) is 37.7 Å². The highest BCUT2D eigenvalue weighted by molar-refractivity contribution is 6.17. The van der Waals surface area contributed by atoms with Gasteiger partial charge < -0.3 is 9.88 Å². The van der Waals surface area contributed by atoms with Gasteiger partial charge in [-0.05, 0) is 20.3 Å². The van der Waals surface area contributed by atoms with Gasteiger partial charge >= 0.3 is 0 Å². The van der Waals surface area contributed by atoms with Crippen LogP contribution in [0.3, 0.4) is 0 Å². The average molecular weight is 310 g/mol. The number of carbonyl (C=O) groups excluding carboxylic acids is 1. The van der Waals surface area contributed by atoms with E-state index >= 15 is 0 Å². The van der Waals surface area contributed by atoms with Gasteiger partial charge in [0.25, 0.3) is 0 Å². The zero-order valence-electron chi connectivity index (χ0n) is 12.4. The van der Waals surface area contributed by atoms with Crippen molar-refractivity contribution in [1.82, 2.24) is 24.6 Å². The molecule has 6 nitrogen and oxygen atoms in total. The number of imidazole rings is 1. The maximum absolute atomic E-state index is 11.4. The quantitative estimate of drug-likeness (QED) is 0.876. The van der Waals surface area contributed by atoms with Crippen molar-refractivity contribution < 1.29 is 4.79 Å². The average Bonchev–Trinajstić information content (AvgIpc) is 2.98. The van der Waals surface area contributed by atoms with Gasteiger partial charge in [0.05, 0.1) is 11.7 Å². The van der Waals surface area contributed by atoms with Gasteiger partial charge in [-0.1, -0.05) is 0 Å². The molecular formula is C14H20ClN5O. The number of fused-ring (bicyclic) bond motifs is 1. The summed E-state index contributed by atoms with van der Waals surface area (Å²) in [6.07, 6.45) is 2.12. The summed E-state index contributed by atoms with van der Waals surface area (Å²) in [6, 6.07) is 0.229. The molecule has 1 fully saturated rings. The molecule has 2 aromatic heterocycles. The largest absolute Gasteiger partial charge is 0.354 e. The minimum absolute atomic E-state index is 0.127. The van der Waals surface area contributed by atoms with Gasteiger partial charge in [0.1, 0.15) is 11.3 Å². The molecule has 3 rings (SSSR count). The standard InChI is InChI=1S/C14H20ClN5O/c1-3-19-14-13(9(2)18-19)17-11(6-7-15)20(14)10-4-5-12(21)16-8-10/h10H,3-8H2,1-2H3,(H,16,21). The molecule has 0 radical (unpaired) electrons. The third-order valence-electron chi connectivity index (χ3n) is 4.04. The Labute approximate surface area is 128 Å². The zero-order valence-corrected chi connectivity index (χ0v) is 13.2. The Hall–Kier alpha value is -1.56. The van der Waals surface area contributed by atoms with Crippen molar-refractivity contribution in [2.45, 2.75) is 45.7 Å². The number of hydrogen-bond donors (Lipinski definition) is 1. The van der Waals surface area contributed by atoms with Gasteiger partial charge in [-0.15, -0.1) is 11.6 Å². The summed E-state index contributed by atoms with van der Waals surface area (Å²) < 4.78 is 4.23. The van der Waals surface area contributed by atoms with Crippen LogP contribution in [0.1, 0.15) is 37.3 Å². The van der Waals surface area contributed by atoms with E-state index in [0.29, 0.717) is 18.8 Å². The van der Waals surface area contributed by atoms with Crippen LogP contribution >= 0.6 is 11.6 Å². The number of aryl methyl sites for hydroxylation is 3. The number of hydrogen-bond acceptors (Lipinski definition) is 3. The van der Waals surface area contributed by atoms with Gasteiger partial charge in [-0.3, -0.25) is 4.79 Å². The summed E-state index contributed by atoms with van der Waals surface area (Å²) in [4.78, 5) is 16.2. The monoisotopic (exact) mass is 309 g/mol. The highest BCUT2D eigenvalue weighted by atomic mass is 35.5. The van der Waals surface area contributed by atoms with E-state index in [1.54, 1.807) is 0 Å². The van der Waals surface area contributed by atoms with Crippen LogP contribution in [0.2, 0.25) is 0 Å². The molecule has 7 heteroatoms. The van der Waals surface area contributed by atoms with E-state index in [4.69, 9.17) is 16.6 Å². The molecule has 1 atom stereocenters. The molecule has 21 heavy (non-hydrogen) atoms. The number of halogens is 1. The molecule has 0 spiro atoms. The topological polar surface area (TPSA) is 64.7 Å². The Morgan fingerprint density at radius 2 is 2.29 bits per heavy atom. The fourth-order valence-electron chi connectivity index (χ4n) is 3.04. The van der Waals surface area contributed by atoms with Crippen LogP contribution in [0.4, 0.5) is 0 Å². The number of piperidine rings is 1. The lowest BCUT2D eigenvalue weighted by molar-refractivity contribution is -0.122. The maximum Gasteiger partial charge on any atom is 0.220 e. The number of nitrogens with zero attached hydrogens (tertiary/aromatic N) is 4. The number of nitrogens with one attached hydrogen (secondary N) is 1. The van der Waals surface area contributed by atoms with E-state index in [1.165, 1.54) is 0 Å². The maximum atomic E-state index is 11.4. The Bertz CT molecular complexity index is 664. The van der Waals surface area contributed by atoms with Crippen LogP contribution in [0.5, 0.6) is 0 Å². The van der Waals surface area contributed by atoms with E-state index in [2.05, 4.69) is 21.9 Å². The van der Waals surface area contributed by atoms with Crippen LogP contribution < -0.4 is 5.32 Å². The third-order valence-corrected chi connectivity index (χ3v) is 4.23. The van der Waals surface area contributed by atoms with Gasteiger partial charge in [-0.2, -0.15) is 5.10 Å². The highest BCUT2D eigenvalue weighted by Gasteiger charge is 2.26. The fourth-order valence-corrected chi connectivity index (χ4v) is 3.21. The summed E-state index contributed by atoms with van der Waals surface area (Å²) in [5.41, 5.74) is 2.95. The Kier molecular flexibility index (Phi) is 3.89. The molecule has 0 aliphatic carbocycles. The number of rotatable bonds is 4. The molecule has 0 bridgehead atoms. The van der Waals surface area contributed by atoms with Crippen molar-refractivity contribution in [1.29, 1.82) is 0 Å². The van der Waals surface area contributed by atoms with Gasteiger partial charge in [-0.25, -0.2) is 9.67 Å². The lowest BCUT2D eigenvalue weighted by Gasteiger charge is -2.26. The second kappa shape index (κ2) is 5.67. The zero-order chi connectivity index (χ0) is 15.0. The van der Waals surface area contributed by atoms with Crippen molar-refractivity contribution in [2.75, 3.05) is 12.4 Å². The van der Waals surface area contributed by atoms with Gasteiger partial charge in [0, 0.05) is 31.8 Å². The van der Waals surface area contributed by atoms with Crippen molar-refractivity contribution in [2.24, 2.45) is 0 Å². The predicted octanol–water partition coefficient (Wildman–Crippen LogP) is 1.79. The molecule has 0 aromatic carbocycles. The predicted molar refractivity (Wildman–Crippen MR) is 81.6 cm³/mol. The number of carbonyl (C=O) groups is 1. The lowest BCUT2D eigenvalue weighted by Crippen LogP contribution is -2.37. The second-order valence-corrected chi connectivity index (χ2v) is 5.78. The van der Waals surface area contributed by atoms with Crippen molar-refractivity contribution >= 4 is 28.7 Å². The minimum Gasteiger partial charge on any atom is -0.354 e. The first-order chi connectivity index (χ1) is 10.2. The van der Waals surface area contributed by atoms with Crippen LogP contribution in [0.25, 0.3) is 11.2 Å². The van der Waals surface area contributed by atoms with E-state index in [9.17, 15) is 4.79 Å². The molecular weight excluding hydrogens is 290 g/mol. The molecule has 1 N–H and O–H groups in total. The molecule has 1 saturated heterocycles. The van der Waals surface area contributed by atoms with E-state index in [-0.39, 0.29) is 11.9 Å². The van der Waals surface area contributed by atoms with Crippen LogP contribution in [0, 0.1) is 6.92 Å². The lowest BCUT2D eigenvalue weighted by atomic mass is 10.1. The first kappa shape index (κ1) is 14.4. The van der Waals surface area contributed by atoms with Crippen molar-refractivity contribution in [3.63, 3.8) is 0 Å².